The highest BCUT2D eigenvalue weighted by atomic mass is 79.9. The lowest BCUT2D eigenvalue weighted by Gasteiger charge is -2.02. The second kappa shape index (κ2) is 4.31. The number of rotatable bonds is 2. The number of hydrogen-bond acceptors (Lipinski definition) is 5. The molecule has 1 heterocycles. The van der Waals surface area contributed by atoms with Gasteiger partial charge in [-0.25, -0.2) is 9.67 Å². The molecule has 0 fully saturated rings. The van der Waals surface area contributed by atoms with Crippen molar-refractivity contribution < 1.29 is 4.92 Å². The first-order valence-corrected chi connectivity index (χ1v) is 5.17. The molecule has 0 amide bonds. The van der Waals surface area contributed by atoms with Crippen LogP contribution in [0.2, 0.25) is 0 Å². The van der Waals surface area contributed by atoms with Crippen LogP contribution in [0.1, 0.15) is 5.82 Å². The predicted molar refractivity (Wildman–Crippen MR) is 60.4 cm³/mol. The molecule has 0 unspecified atom stereocenters. The van der Waals surface area contributed by atoms with Crippen LogP contribution in [0.25, 0.3) is 5.69 Å². The third-order valence-corrected chi connectivity index (χ3v) is 2.47. The predicted octanol–water partition coefficient (Wildman–Crippen LogP) is 1.81. The summed E-state index contributed by atoms with van der Waals surface area (Å²) in [5.74, 6) is -0.0423. The minimum absolute atomic E-state index is 0.0423. The number of nitriles is 1. The molecule has 7 nitrogen and oxygen atoms in total. The standard InChI is InChI=1S/C9H4BrN5O2/c10-6-1-2-7(15(16)17)8(3-6)14-5-12-9(4-11)13-14/h1-3,5H. The number of nitro benzene ring substituents is 1. The van der Waals surface area contributed by atoms with E-state index in [0.29, 0.717) is 4.47 Å². The number of halogens is 1. The Bertz CT molecular complexity index is 631. The Morgan fingerprint density at radius 1 is 1.53 bits per heavy atom. The highest BCUT2D eigenvalue weighted by Crippen LogP contribution is 2.25. The first-order chi connectivity index (χ1) is 8.11. The van der Waals surface area contributed by atoms with E-state index in [1.165, 1.54) is 23.1 Å². The fourth-order valence-corrected chi connectivity index (χ4v) is 1.61. The highest BCUT2D eigenvalue weighted by Gasteiger charge is 2.16. The van der Waals surface area contributed by atoms with Gasteiger partial charge in [-0.1, -0.05) is 15.9 Å². The summed E-state index contributed by atoms with van der Waals surface area (Å²) in [6.45, 7) is 0. The summed E-state index contributed by atoms with van der Waals surface area (Å²) in [5.41, 5.74) is 0.140. The normalized spacial score (nSPS) is 9.88. The van der Waals surface area contributed by atoms with Crippen molar-refractivity contribution in [2.75, 3.05) is 0 Å². The second-order valence-corrected chi connectivity index (χ2v) is 3.93. The van der Waals surface area contributed by atoms with Crippen LogP contribution in [-0.2, 0) is 0 Å². The zero-order valence-corrected chi connectivity index (χ0v) is 9.83. The summed E-state index contributed by atoms with van der Waals surface area (Å²) in [6.07, 6.45) is 1.26. The van der Waals surface area contributed by atoms with E-state index < -0.39 is 4.92 Å². The Hall–Kier alpha value is -2.27. The van der Waals surface area contributed by atoms with Crippen molar-refractivity contribution in [2.24, 2.45) is 0 Å². The third-order valence-electron chi connectivity index (χ3n) is 1.97. The summed E-state index contributed by atoms with van der Waals surface area (Å²) in [7, 11) is 0. The van der Waals surface area contributed by atoms with Crippen molar-refractivity contribution in [1.82, 2.24) is 14.8 Å². The molecule has 0 aliphatic carbocycles. The van der Waals surface area contributed by atoms with Crippen LogP contribution in [0, 0.1) is 21.4 Å². The zero-order chi connectivity index (χ0) is 12.4. The molecule has 2 aromatic rings. The largest absolute Gasteiger partial charge is 0.295 e. The van der Waals surface area contributed by atoms with Crippen LogP contribution < -0.4 is 0 Å². The minimum atomic E-state index is -0.518. The molecular formula is C9H4BrN5O2. The Morgan fingerprint density at radius 3 is 2.88 bits per heavy atom. The van der Waals surface area contributed by atoms with Gasteiger partial charge < -0.3 is 0 Å². The number of nitro groups is 1. The SMILES string of the molecule is N#Cc1ncn(-c2cc(Br)ccc2[N+](=O)[O-])n1. The average molecular weight is 294 g/mol. The zero-order valence-electron chi connectivity index (χ0n) is 8.24. The summed E-state index contributed by atoms with van der Waals surface area (Å²) < 4.78 is 1.87. The van der Waals surface area contributed by atoms with Gasteiger partial charge in [-0.05, 0) is 12.1 Å². The number of aromatic nitrogens is 3. The van der Waals surface area contributed by atoms with Gasteiger partial charge in [0.1, 0.15) is 18.1 Å². The number of benzene rings is 1. The molecule has 0 atom stereocenters. The van der Waals surface area contributed by atoms with Gasteiger partial charge in [0.05, 0.1) is 4.92 Å². The molecule has 0 saturated heterocycles. The van der Waals surface area contributed by atoms with Crippen molar-refractivity contribution in [2.45, 2.75) is 0 Å². The van der Waals surface area contributed by atoms with Crippen molar-refractivity contribution in [3.05, 3.63) is 44.9 Å². The van der Waals surface area contributed by atoms with Gasteiger partial charge >= 0.3 is 0 Å². The molecule has 0 aliphatic rings. The maximum Gasteiger partial charge on any atom is 0.295 e. The minimum Gasteiger partial charge on any atom is -0.258 e. The smallest absolute Gasteiger partial charge is 0.258 e. The average Bonchev–Trinajstić information content (AvgIpc) is 2.76. The van der Waals surface area contributed by atoms with Gasteiger partial charge in [-0.2, -0.15) is 5.26 Å². The molecule has 84 valence electrons. The molecular weight excluding hydrogens is 290 g/mol. The quantitative estimate of drug-likeness (QED) is 0.621. The molecule has 1 aromatic heterocycles. The Morgan fingerprint density at radius 2 is 2.29 bits per heavy atom. The lowest BCUT2D eigenvalue weighted by atomic mass is 10.3. The Kier molecular flexibility index (Phi) is 2.84. The monoisotopic (exact) mass is 293 g/mol. The molecule has 0 aliphatic heterocycles. The van der Waals surface area contributed by atoms with Crippen LogP contribution >= 0.6 is 15.9 Å². The Labute approximate surface area is 104 Å². The fourth-order valence-electron chi connectivity index (χ4n) is 1.26. The number of hydrogen-bond donors (Lipinski definition) is 0. The van der Waals surface area contributed by atoms with Crippen molar-refractivity contribution in [1.29, 1.82) is 5.26 Å². The molecule has 0 radical (unpaired) electrons. The first kappa shape index (κ1) is 11.2. The first-order valence-electron chi connectivity index (χ1n) is 4.38. The molecule has 17 heavy (non-hydrogen) atoms. The van der Waals surface area contributed by atoms with Crippen molar-refractivity contribution in [3.8, 4) is 11.8 Å². The van der Waals surface area contributed by atoms with Gasteiger partial charge in [-0.15, -0.1) is 5.10 Å². The summed E-state index contributed by atoms with van der Waals surface area (Å²) in [5, 5.41) is 23.2. The van der Waals surface area contributed by atoms with Gasteiger partial charge in [-0.3, -0.25) is 10.1 Å². The highest BCUT2D eigenvalue weighted by molar-refractivity contribution is 9.10. The maximum atomic E-state index is 10.8. The lowest BCUT2D eigenvalue weighted by molar-refractivity contribution is -0.384. The van der Waals surface area contributed by atoms with Gasteiger partial charge in [0.15, 0.2) is 0 Å². The van der Waals surface area contributed by atoms with Crippen LogP contribution in [0.15, 0.2) is 29.0 Å². The summed E-state index contributed by atoms with van der Waals surface area (Å²) in [4.78, 5) is 14.0. The van der Waals surface area contributed by atoms with Crippen molar-refractivity contribution >= 4 is 21.6 Å². The summed E-state index contributed by atoms with van der Waals surface area (Å²) in [6, 6.07) is 6.21. The fraction of sp³-hybridized carbons (Fsp3) is 0. The molecule has 2 rings (SSSR count). The van der Waals surface area contributed by atoms with E-state index in [9.17, 15) is 10.1 Å². The van der Waals surface area contributed by atoms with Crippen LogP contribution in [0.3, 0.4) is 0 Å². The van der Waals surface area contributed by atoms with E-state index in [0.717, 1.165) is 0 Å². The van der Waals surface area contributed by atoms with Crippen LogP contribution in [0.5, 0.6) is 0 Å². The molecule has 1 aromatic carbocycles. The molecule has 0 saturated carbocycles. The van der Waals surface area contributed by atoms with Gasteiger partial charge in [0.25, 0.3) is 11.5 Å². The van der Waals surface area contributed by atoms with E-state index in [1.54, 1.807) is 12.1 Å². The molecule has 8 heteroatoms. The molecule has 0 bridgehead atoms. The van der Waals surface area contributed by atoms with Gasteiger partial charge in [0.2, 0.25) is 0 Å². The molecule has 0 spiro atoms. The van der Waals surface area contributed by atoms with Gasteiger partial charge in [0, 0.05) is 10.5 Å². The van der Waals surface area contributed by atoms with E-state index in [-0.39, 0.29) is 17.2 Å². The molecule has 0 N–H and O–H groups in total. The van der Waals surface area contributed by atoms with E-state index in [4.69, 9.17) is 5.26 Å². The Balaban J connectivity index is 2.61. The third kappa shape index (κ3) is 2.14. The van der Waals surface area contributed by atoms with Crippen LogP contribution in [0.4, 0.5) is 5.69 Å². The van der Waals surface area contributed by atoms with E-state index >= 15 is 0 Å². The second-order valence-electron chi connectivity index (χ2n) is 3.01. The lowest BCUT2D eigenvalue weighted by Crippen LogP contribution is -2.01. The van der Waals surface area contributed by atoms with Crippen molar-refractivity contribution in [3.63, 3.8) is 0 Å². The van der Waals surface area contributed by atoms with E-state index in [2.05, 4.69) is 26.0 Å². The topological polar surface area (TPSA) is 97.6 Å². The van der Waals surface area contributed by atoms with Crippen LogP contribution in [-0.4, -0.2) is 19.7 Å². The van der Waals surface area contributed by atoms with E-state index in [1.807, 2.05) is 0 Å². The number of nitrogens with zero attached hydrogens (tertiary/aromatic N) is 5. The maximum absolute atomic E-state index is 10.8. The summed E-state index contributed by atoms with van der Waals surface area (Å²) >= 11 is 3.22.